The summed E-state index contributed by atoms with van der Waals surface area (Å²) in [6.45, 7) is 5.97. The fourth-order valence-electron chi connectivity index (χ4n) is 5.27. The quantitative estimate of drug-likeness (QED) is 0.719. The Morgan fingerprint density at radius 2 is 1.64 bits per heavy atom. The summed E-state index contributed by atoms with van der Waals surface area (Å²) in [5.41, 5.74) is 6.45. The predicted molar refractivity (Wildman–Crippen MR) is 91.3 cm³/mol. The second kappa shape index (κ2) is 3.68. The van der Waals surface area contributed by atoms with E-state index in [2.05, 4.69) is 79.2 Å². The Kier molecular flexibility index (Phi) is 2.10. The van der Waals surface area contributed by atoms with Crippen LogP contribution in [-0.2, 0) is 12.0 Å². The third-order valence-corrected chi connectivity index (χ3v) is 6.61. The standard InChI is InChI=1S/C20H22N2/c1-19-13-20(19,2)18-21(3)16-10-6-7-11-17(16)22(18)12-14-8-4-5-9-15(14)19/h4-11,18H,12-13H2,1-3H3. The summed E-state index contributed by atoms with van der Waals surface area (Å²) in [6, 6.07) is 17.9. The van der Waals surface area contributed by atoms with Crippen LogP contribution >= 0.6 is 0 Å². The fourth-order valence-corrected chi connectivity index (χ4v) is 5.27. The van der Waals surface area contributed by atoms with Crippen LogP contribution in [0.5, 0.6) is 0 Å². The lowest BCUT2D eigenvalue weighted by Crippen LogP contribution is -2.47. The molecule has 0 amide bonds. The van der Waals surface area contributed by atoms with E-state index in [1.165, 1.54) is 23.4 Å². The maximum Gasteiger partial charge on any atom is 0.108 e. The molecule has 0 aromatic heterocycles. The second-order valence-corrected chi connectivity index (χ2v) is 7.68. The molecule has 1 fully saturated rings. The van der Waals surface area contributed by atoms with E-state index >= 15 is 0 Å². The Balaban J connectivity index is 1.76. The van der Waals surface area contributed by atoms with Gasteiger partial charge in [0.2, 0.25) is 0 Å². The van der Waals surface area contributed by atoms with Gasteiger partial charge in [0.15, 0.2) is 0 Å². The number of benzene rings is 2. The van der Waals surface area contributed by atoms with E-state index in [1.54, 1.807) is 5.56 Å². The van der Waals surface area contributed by atoms with Gasteiger partial charge in [0.05, 0.1) is 11.4 Å². The molecule has 2 heterocycles. The summed E-state index contributed by atoms with van der Waals surface area (Å²) in [4.78, 5) is 5.14. The van der Waals surface area contributed by atoms with Crippen molar-refractivity contribution in [2.24, 2.45) is 5.41 Å². The van der Waals surface area contributed by atoms with Gasteiger partial charge in [-0.3, -0.25) is 0 Å². The smallest absolute Gasteiger partial charge is 0.108 e. The van der Waals surface area contributed by atoms with Crippen molar-refractivity contribution in [3.8, 4) is 0 Å². The van der Waals surface area contributed by atoms with Crippen LogP contribution < -0.4 is 9.80 Å². The maximum atomic E-state index is 2.63. The lowest BCUT2D eigenvalue weighted by molar-refractivity contribution is 0.373. The van der Waals surface area contributed by atoms with Gasteiger partial charge in [-0.1, -0.05) is 50.2 Å². The number of rotatable bonds is 0. The number of para-hydroxylation sites is 2. The molecule has 0 spiro atoms. The number of anilines is 2. The predicted octanol–water partition coefficient (Wildman–Crippen LogP) is 4.15. The first kappa shape index (κ1) is 12.6. The van der Waals surface area contributed by atoms with Crippen LogP contribution in [0.4, 0.5) is 11.4 Å². The molecule has 2 aliphatic heterocycles. The van der Waals surface area contributed by atoms with Crippen molar-refractivity contribution < 1.29 is 0 Å². The number of nitrogens with zero attached hydrogens (tertiary/aromatic N) is 2. The van der Waals surface area contributed by atoms with Gasteiger partial charge < -0.3 is 9.80 Å². The Bertz CT molecular complexity index is 783. The minimum absolute atomic E-state index is 0.305. The molecule has 0 N–H and O–H groups in total. The highest BCUT2D eigenvalue weighted by atomic mass is 15.4. The fraction of sp³-hybridized carbons (Fsp3) is 0.400. The van der Waals surface area contributed by atoms with Crippen molar-refractivity contribution in [3.63, 3.8) is 0 Å². The Hall–Kier alpha value is -1.96. The van der Waals surface area contributed by atoms with Gasteiger partial charge in [0.25, 0.3) is 0 Å². The molecule has 2 nitrogen and oxygen atoms in total. The molecule has 1 aliphatic carbocycles. The summed E-state index contributed by atoms with van der Waals surface area (Å²) in [5, 5.41) is 0. The van der Waals surface area contributed by atoms with E-state index in [9.17, 15) is 0 Å². The zero-order valence-electron chi connectivity index (χ0n) is 13.5. The first-order valence-electron chi connectivity index (χ1n) is 8.23. The van der Waals surface area contributed by atoms with E-state index in [-0.39, 0.29) is 0 Å². The summed E-state index contributed by atoms with van der Waals surface area (Å²) in [7, 11) is 2.27. The van der Waals surface area contributed by atoms with Gasteiger partial charge in [-0.25, -0.2) is 0 Å². The molecular formula is C20H22N2. The maximum absolute atomic E-state index is 2.63. The molecule has 0 radical (unpaired) electrons. The highest BCUT2D eigenvalue weighted by molar-refractivity contribution is 5.79. The molecule has 3 aliphatic rings. The summed E-state index contributed by atoms with van der Waals surface area (Å²) in [5.74, 6) is 0. The van der Waals surface area contributed by atoms with Crippen LogP contribution in [-0.4, -0.2) is 13.2 Å². The van der Waals surface area contributed by atoms with Gasteiger partial charge in [0, 0.05) is 24.4 Å². The normalized spacial score (nSPS) is 34.4. The van der Waals surface area contributed by atoms with E-state index in [1.807, 2.05) is 0 Å². The summed E-state index contributed by atoms with van der Waals surface area (Å²) >= 11 is 0. The average molecular weight is 290 g/mol. The Morgan fingerprint density at radius 1 is 0.955 bits per heavy atom. The van der Waals surface area contributed by atoms with E-state index in [0.717, 1.165) is 6.54 Å². The minimum Gasteiger partial charge on any atom is -0.352 e. The molecule has 2 aromatic carbocycles. The molecule has 0 bridgehead atoms. The zero-order chi connectivity index (χ0) is 15.1. The molecule has 112 valence electrons. The van der Waals surface area contributed by atoms with Crippen LogP contribution in [0.25, 0.3) is 0 Å². The second-order valence-electron chi connectivity index (χ2n) is 7.68. The molecule has 1 saturated carbocycles. The highest BCUT2D eigenvalue weighted by Gasteiger charge is 2.70. The van der Waals surface area contributed by atoms with Gasteiger partial charge in [-0.15, -0.1) is 0 Å². The Labute approximate surface area is 132 Å². The van der Waals surface area contributed by atoms with Gasteiger partial charge in [0.1, 0.15) is 6.17 Å². The van der Waals surface area contributed by atoms with Crippen LogP contribution in [0.15, 0.2) is 48.5 Å². The van der Waals surface area contributed by atoms with Gasteiger partial charge in [-0.2, -0.15) is 0 Å². The first-order valence-corrected chi connectivity index (χ1v) is 8.23. The van der Waals surface area contributed by atoms with Crippen molar-refractivity contribution in [1.29, 1.82) is 0 Å². The van der Waals surface area contributed by atoms with Gasteiger partial charge in [-0.05, 0) is 29.7 Å². The van der Waals surface area contributed by atoms with E-state index in [4.69, 9.17) is 0 Å². The molecule has 2 aromatic rings. The third-order valence-electron chi connectivity index (χ3n) is 6.61. The monoisotopic (exact) mass is 290 g/mol. The van der Waals surface area contributed by atoms with Gasteiger partial charge >= 0.3 is 0 Å². The van der Waals surface area contributed by atoms with Crippen molar-refractivity contribution in [3.05, 3.63) is 59.7 Å². The Morgan fingerprint density at radius 3 is 2.45 bits per heavy atom. The lowest BCUT2D eigenvalue weighted by atomic mass is 9.85. The zero-order valence-corrected chi connectivity index (χ0v) is 13.5. The van der Waals surface area contributed by atoms with Crippen molar-refractivity contribution in [2.45, 2.75) is 38.4 Å². The summed E-state index contributed by atoms with van der Waals surface area (Å²) < 4.78 is 0. The third kappa shape index (κ3) is 1.24. The van der Waals surface area contributed by atoms with Crippen molar-refractivity contribution in [1.82, 2.24) is 0 Å². The highest BCUT2D eigenvalue weighted by Crippen LogP contribution is 2.71. The topological polar surface area (TPSA) is 6.48 Å². The first-order chi connectivity index (χ1) is 10.6. The number of hydrogen-bond donors (Lipinski definition) is 0. The molecule has 5 rings (SSSR count). The molecular weight excluding hydrogens is 268 g/mol. The van der Waals surface area contributed by atoms with E-state index < -0.39 is 0 Å². The van der Waals surface area contributed by atoms with Crippen molar-refractivity contribution >= 4 is 11.4 Å². The molecule has 3 unspecified atom stereocenters. The van der Waals surface area contributed by atoms with Crippen LogP contribution in [0.2, 0.25) is 0 Å². The molecule has 22 heavy (non-hydrogen) atoms. The summed E-state index contributed by atoms with van der Waals surface area (Å²) in [6.07, 6.45) is 1.73. The largest absolute Gasteiger partial charge is 0.352 e. The van der Waals surface area contributed by atoms with Crippen LogP contribution in [0.3, 0.4) is 0 Å². The molecule has 0 saturated heterocycles. The molecule has 3 atom stereocenters. The lowest BCUT2D eigenvalue weighted by Gasteiger charge is -2.36. The average Bonchev–Trinajstić information content (AvgIpc) is 2.99. The van der Waals surface area contributed by atoms with Crippen LogP contribution in [0.1, 0.15) is 31.4 Å². The van der Waals surface area contributed by atoms with Crippen molar-refractivity contribution in [2.75, 3.05) is 16.8 Å². The molecule has 2 heteroatoms. The SMILES string of the molecule is CN1c2ccccc2N2Cc3ccccc3C3(C)CC3(C)C12. The minimum atomic E-state index is 0.305. The van der Waals surface area contributed by atoms with E-state index in [0.29, 0.717) is 17.0 Å². The van der Waals surface area contributed by atoms with Crippen LogP contribution in [0, 0.1) is 5.41 Å². The number of fused-ring (bicyclic) bond motifs is 7. The number of hydrogen-bond acceptors (Lipinski definition) is 2.